The summed E-state index contributed by atoms with van der Waals surface area (Å²) >= 11 is 0. The standard InChI is InChI=1S/C12H14F3NO3S/c1-7(20(2)19)6-16-8-3-4-10(12(13,14)15)9(5-8)11(17)18/h3-5,7,16H,6H2,1-2H3,(H,17,18). The van der Waals surface area contributed by atoms with Crippen LogP contribution in [0.2, 0.25) is 0 Å². The minimum atomic E-state index is -4.72. The van der Waals surface area contributed by atoms with Gasteiger partial charge in [0.2, 0.25) is 0 Å². The highest BCUT2D eigenvalue weighted by atomic mass is 32.2. The second-order valence-corrected chi connectivity index (χ2v) is 6.06. The number of carboxylic acids is 1. The van der Waals surface area contributed by atoms with Crippen molar-refractivity contribution < 1.29 is 27.3 Å². The molecule has 0 aliphatic carbocycles. The van der Waals surface area contributed by atoms with E-state index in [9.17, 15) is 22.2 Å². The molecule has 112 valence electrons. The van der Waals surface area contributed by atoms with Gasteiger partial charge in [-0.2, -0.15) is 13.2 Å². The number of carboxylic acid groups (broad SMARTS) is 1. The summed E-state index contributed by atoms with van der Waals surface area (Å²) in [5.41, 5.74) is -1.76. The van der Waals surface area contributed by atoms with Crippen molar-refractivity contribution in [2.45, 2.75) is 18.3 Å². The molecule has 1 rings (SSSR count). The second kappa shape index (κ2) is 6.25. The number of alkyl halides is 3. The first-order chi connectivity index (χ1) is 9.12. The van der Waals surface area contributed by atoms with Gasteiger partial charge in [-0.15, -0.1) is 0 Å². The van der Waals surface area contributed by atoms with E-state index in [4.69, 9.17) is 5.11 Å². The Morgan fingerprint density at radius 1 is 1.45 bits per heavy atom. The average molecular weight is 309 g/mol. The largest absolute Gasteiger partial charge is 0.478 e. The molecule has 0 radical (unpaired) electrons. The van der Waals surface area contributed by atoms with Gasteiger partial charge < -0.3 is 10.4 Å². The summed E-state index contributed by atoms with van der Waals surface area (Å²) in [5.74, 6) is -1.65. The molecule has 0 spiro atoms. The van der Waals surface area contributed by atoms with Crippen molar-refractivity contribution in [1.29, 1.82) is 0 Å². The van der Waals surface area contributed by atoms with Gasteiger partial charge in [-0.1, -0.05) is 0 Å². The lowest BCUT2D eigenvalue weighted by Crippen LogP contribution is -2.21. The minimum absolute atomic E-state index is 0.203. The van der Waals surface area contributed by atoms with Crippen LogP contribution in [0.15, 0.2) is 18.2 Å². The lowest BCUT2D eigenvalue weighted by atomic mass is 10.1. The molecule has 0 aliphatic heterocycles. The highest BCUT2D eigenvalue weighted by Gasteiger charge is 2.35. The Hall–Kier alpha value is -1.57. The topological polar surface area (TPSA) is 66.4 Å². The van der Waals surface area contributed by atoms with Crippen molar-refractivity contribution >= 4 is 22.5 Å². The van der Waals surface area contributed by atoms with Crippen molar-refractivity contribution in [2.75, 3.05) is 18.1 Å². The summed E-state index contributed by atoms with van der Waals surface area (Å²) in [4.78, 5) is 10.9. The third-order valence-corrected chi connectivity index (χ3v) is 4.02. The monoisotopic (exact) mass is 309 g/mol. The van der Waals surface area contributed by atoms with E-state index in [-0.39, 0.29) is 17.5 Å². The Morgan fingerprint density at radius 2 is 2.05 bits per heavy atom. The van der Waals surface area contributed by atoms with Crippen LogP contribution < -0.4 is 5.32 Å². The first-order valence-electron chi connectivity index (χ1n) is 5.63. The summed E-state index contributed by atoms with van der Waals surface area (Å²) in [5, 5.41) is 11.4. The van der Waals surface area contributed by atoms with E-state index in [0.29, 0.717) is 0 Å². The van der Waals surface area contributed by atoms with Gasteiger partial charge in [0.05, 0.1) is 11.1 Å². The Kier molecular flexibility index (Phi) is 5.15. The van der Waals surface area contributed by atoms with Crippen LogP contribution in [0.5, 0.6) is 0 Å². The van der Waals surface area contributed by atoms with Crippen LogP contribution in [0.4, 0.5) is 18.9 Å². The third kappa shape index (κ3) is 4.22. The summed E-state index contributed by atoms with van der Waals surface area (Å²) in [6, 6.07) is 2.80. The van der Waals surface area contributed by atoms with Crippen LogP contribution >= 0.6 is 0 Å². The number of nitrogens with one attached hydrogen (secondary N) is 1. The first kappa shape index (κ1) is 16.5. The second-order valence-electron chi connectivity index (χ2n) is 4.25. The van der Waals surface area contributed by atoms with Gasteiger partial charge in [0.15, 0.2) is 0 Å². The van der Waals surface area contributed by atoms with Crippen LogP contribution in [-0.4, -0.2) is 33.3 Å². The van der Waals surface area contributed by atoms with Crippen molar-refractivity contribution in [3.63, 3.8) is 0 Å². The van der Waals surface area contributed by atoms with E-state index < -0.39 is 34.1 Å². The fourth-order valence-electron chi connectivity index (χ4n) is 1.46. The zero-order valence-corrected chi connectivity index (χ0v) is 11.6. The van der Waals surface area contributed by atoms with E-state index in [0.717, 1.165) is 18.2 Å². The predicted molar refractivity (Wildman–Crippen MR) is 70.4 cm³/mol. The minimum Gasteiger partial charge on any atom is -0.478 e. The molecule has 2 unspecified atom stereocenters. The maximum absolute atomic E-state index is 12.6. The van der Waals surface area contributed by atoms with Gasteiger partial charge in [0.1, 0.15) is 0 Å². The van der Waals surface area contributed by atoms with Crippen LogP contribution in [-0.2, 0) is 17.0 Å². The Morgan fingerprint density at radius 3 is 2.50 bits per heavy atom. The van der Waals surface area contributed by atoms with Gasteiger partial charge in [-0.25, -0.2) is 4.79 Å². The van der Waals surface area contributed by atoms with Gasteiger partial charge in [-0.3, -0.25) is 4.21 Å². The number of rotatable bonds is 5. The van der Waals surface area contributed by atoms with Crippen molar-refractivity contribution in [3.8, 4) is 0 Å². The maximum atomic E-state index is 12.6. The summed E-state index contributed by atoms with van der Waals surface area (Å²) in [6.07, 6.45) is -3.20. The van der Waals surface area contributed by atoms with Crippen LogP contribution in [0, 0.1) is 0 Å². The Balaban J connectivity index is 3.00. The molecule has 8 heteroatoms. The molecule has 0 heterocycles. The molecule has 0 saturated carbocycles. The Bertz CT molecular complexity index is 531. The lowest BCUT2D eigenvalue weighted by Gasteiger charge is -2.14. The average Bonchev–Trinajstić information content (AvgIpc) is 2.34. The zero-order chi connectivity index (χ0) is 15.5. The summed E-state index contributed by atoms with van der Waals surface area (Å²) < 4.78 is 49.1. The van der Waals surface area contributed by atoms with Crippen LogP contribution in [0.1, 0.15) is 22.8 Å². The van der Waals surface area contributed by atoms with Crippen LogP contribution in [0.3, 0.4) is 0 Å². The molecule has 2 atom stereocenters. The lowest BCUT2D eigenvalue weighted by molar-refractivity contribution is -0.138. The molecule has 0 aromatic heterocycles. The van der Waals surface area contributed by atoms with E-state index >= 15 is 0 Å². The molecule has 2 N–H and O–H groups in total. The molecular formula is C12H14F3NO3S. The third-order valence-electron chi connectivity index (χ3n) is 2.72. The number of hydrogen-bond acceptors (Lipinski definition) is 3. The Labute approximate surface area is 116 Å². The molecule has 0 saturated heterocycles. The maximum Gasteiger partial charge on any atom is 0.417 e. The zero-order valence-electron chi connectivity index (χ0n) is 10.8. The fraction of sp³-hybridized carbons (Fsp3) is 0.417. The smallest absolute Gasteiger partial charge is 0.417 e. The van der Waals surface area contributed by atoms with E-state index in [1.807, 2.05) is 0 Å². The molecule has 20 heavy (non-hydrogen) atoms. The summed E-state index contributed by atoms with van der Waals surface area (Å²) in [6.45, 7) is 1.98. The highest BCUT2D eigenvalue weighted by molar-refractivity contribution is 7.84. The van der Waals surface area contributed by atoms with E-state index in [2.05, 4.69) is 5.32 Å². The molecule has 0 fully saturated rings. The molecular weight excluding hydrogens is 295 g/mol. The predicted octanol–water partition coefficient (Wildman–Crippen LogP) is 2.58. The number of hydrogen-bond donors (Lipinski definition) is 2. The molecule has 1 aromatic rings. The number of halogens is 3. The van der Waals surface area contributed by atoms with Gasteiger partial charge >= 0.3 is 12.1 Å². The van der Waals surface area contributed by atoms with Crippen molar-refractivity contribution in [1.82, 2.24) is 0 Å². The number of aromatic carboxylic acids is 1. The number of carbonyl (C=O) groups is 1. The van der Waals surface area contributed by atoms with Gasteiger partial charge in [0, 0.05) is 34.5 Å². The highest BCUT2D eigenvalue weighted by Crippen LogP contribution is 2.33. The first-order valence-corrected chi connectivity index (χ1v) is 7.25. The van der Waals surface area contributed by atoms with Crippen molar-refractivity contribution in [3.05, 3.63) is 29.3 Å². The van der Waals surface area contributed by atoms with E-state index in [1.165, 1.54) is 6.26 Å². The summed E-state index contributed by atoms with van der Waals surface area (Å²) in [7, 11) is -1.08. The number of benzene rings is 1. The SMILES string of the molecule is CC(CNc1ccc(C(F)(F)F)c(C(=O)O)c1)S(C)=O. The molecule has 0 amide bonds. The fourth-order valence-corrected chi connectivity index (χ4v) is 1.78. The van der Waals surface area contributed by atoms with Gasteiger partial charge in [0.25, 0.3) is 0 Å². The van der Waals surface area contributed by atoms with Crippen molar-refractivity contribution in [2.24, 2.45) is 0 Å². The molecule has 0 bridgehead atoms. The van der Waals surface area contributed by atoms with Crippen LogP contribution in [0.25, 0.3) is 0 Å². The van der Waals surface area contributed by atoms with E-state index in [1.54, 1.807) is 6.92 Å². The molecule has 4 nitrogen and oxygen atoms in total. The molecule has 0 aliphatic rings. The quantitative estimate of drug-likeness (QED) is 0.877. The molecule has 1 aromatic carbocycles. The normalized spacial score (nSPS) is 14.7. The number of anilines is 1. The van der Waals surface area contributed by atoms with Gasteiger partial charge in [-0.05, 0) is 25.1 Å².